The lowest BCUT2D eigenvalue weighted by atomic mass is 9.59. The third kappa shape index (κ3) is 5.40. The number of phenolic OH excluding ortho intramolecular Hbond substituents is 1. The van der Waals surface area contributed by atoms with Gasteiger partial charge in [-0.05, 0) is 76.7 Å². The second-order valence-corrected chi connectivity index (χ2v) is 13.2. The van der Waals surface area contributed by atoms with Gasteiger partial charge in [0.2, 0.25) is 11.8 Å². The number of carbonyl (C=O) groups is 4. The van der Waals surface area contributed by atoms with Gasteiger partial charge in [-0.25, -0.2) is 0 Å². The monoisotopic (exact) mass is 721 g/mol. The number of rotatable bonds is 7. The van der Waals surface area contributed by atoms with E-state index in [1.165, 1.54) is 24.2 Å². The first-order valence-electron chi connectivity index (χ1n) is 15.8. The zero-order chi connectivity index (χ0) is 34.6. The number of ether oxygens (including phenoxy) is 3. The van der Waals surface area contributed by atoms with Crippen LogP contribution in [0.1, 0.15) is 35.4 Å². The summed E-state index contributed by atoms with van der Waals surface area (Å²) in [6, 6.07) is 17.5. The molecule has 0 saturated carbocycles. The standard InChI is InChI=1S/C39H32BrNO8/c1-47-23-11-15-33(49-3)21(16-23)7-4-20-5-8-22(9-6-20)41-38(45)27-14-13-25-28(35(27)39(41)46)18-29-36(32(43)19-30(40)37(29)44)34(25)26-12-10-24(48-2)17-31(26)42/h4-13,15-17,19,27-28,34-35,42H,14,18H2,1-3H3/t27-,28+,34+,35-/m0/s1. The number of fused-ring (bicyclic) bond motifs is 3. The number of phenols is 1. The molecule has 3 aromatic rings. The molecule has 0 radical (unpaired) electrons. The highest BCUT2D eigenvalue weighted by atomic mass is 79.9. The molecule has 0 unspecified atom stereocenters. The molecule has 0 spiro atoms. The number of allylic oxidation sites excluding steroid dienone is 6. The lowest BCUT2D eigenvalue weighted by Crippen LogP contribution is -2.39. The number of carbonyl (C=O) groups excluding carboxylic acids is 4. The van der Waals surface area contributed by atoms with Crippen LogP contribution in [0.25, 0.3) is 12.2 Å². The lowest BCUT2D eigenvalue weighted by molar-refractivity contribution is -0.123. The van der Waals surface area contributed by atoms with E-state index in [1.807, 2.05) is 48.6 Å². The summed E-state index contributed by atoms with van der Waals surface area (Å²) < 4.78 is 16.2. The second-order valence-electron chi connectivity index (χ2n) is 12.4. The van der Waals surface area contributed by atoms with Crippen LogP contribution >= 0.6 is 15.9 Å². The minimum atomic E-state index is -0.764. The molecular formula is C39H32BrNO8. The Morgan fingerprint density at radius 1 is 0.837 bits per heavy atom. The third-order valence-electron chi connectivity index (χ3n) is 9.92. The van der Waals surface area contributed by atoms with Crippen LogP contribution in [0.3, 0.4) is 0 Å². The maximum atomic E-state index is 14.3. The van der Waals surface area contributed by atoms with Gasteiger partial charge < -0.3 is 19.3 Å². The highest BCUT2D eigenvalue weighted by Gasteiger charge is 2.56. The van der Waals surface area contributed by atoms with E-state index in [9.17, 15) is 24.3 Å². The van der Waals surface area contributed by atoms with Crippen LogP contribution in [0.2, 0.25) is 0 Å². The molecule has 4 atom stereocenters. The van der Waals surface area contributed by atoms with Gasteiger partial charge in [0, 0.05) is 40.3 Å². The number of Topliss-reactive ketones (excluding diaryl/α,β-unsaturated/α-hetero) is 1. The zero-order valence-electron chi connectivity index (χ0n) is 26.9. The summed E-state index contributed by atoms with van der Waals surface area (Å²) in [5.74, 6) is -2.25. The first kappa shape index (κ1) is 32.3. The fourth-order valence-corrected chi connectivity index (χ4v) is 8.05. The van der Waals surface area contributed by atoms with Gasteiger partial charge in [0.25, 0.3) is 0 Å². The number of imide groups is 1. The quantitative estimate of drug-likeness (QED) is 0.126. The molecule has 1 fully saturated rings. The summed E-state index contributed by atoms with van der Waals surface area (Å²) in [5.41, 5.74) is 3.90. The lowest BCUT2D eigenvalue weighted by Gasteiger charge is -2.42. The van der Waals surface area contributed by atoms with Crippen molar-refractivity contribution in [2.24, 2.45) is 17.8 Å². The first-order valence-corrected chi connectivity index (χ1v) is 16.6. The molecule has 49 heavy (non-hydrogen) atoms. The molecule has 1 heterocycles. The molecule has 0 aromatic heterocycles. The van der Waals surface area contributed by atoms with E-state index < -0.39 is 23.7 Å². The average molecular weight is 723 g/mol. The number of hydrogen-bond donors (Lipinski definition) is 1. The van der Waals surface area contributed by atoms with Gasteiger partial charge in [-0.3, -0.25) is 24.1 Å². The Hall–Kier alpha value is -5.22. The van der Waals surface area contributed by atoms with Gasteiger partial charge in [0.15, 0.2) is 11.6 Å². The smallest absolute Gasteiger partial charge is 0.238 e. The van der Waals surface area contributed by atoms with Crippen molar-refractivity contribution >= 4 is 57.2 Å². The average Bonchev–Trinajstić information content (AvgIpc) is 3.37. The molecule has 7 rings (SSSR count). The zero-order valence-corrected chi connectivity index (χ0v) is 28.5. The Balaban J connectivity index is 1.21. The first-order chi connectivity index (χ1) is 23.6. The number of halogens is 1. The highest BCUT2D eigenvalue weighted by molar-refractivity contribution is 9.12. The highest BCUT2D eigenvalue weighted by Crippen LogP contribution is 2.56. The minimum Gasteiger partial charge on any atom is -0.507 e. The van der Waals surface area contributed by atoms with Crippen LogP contribution in [-0.4, -0.2) is 49.8 Å². The van der Waals surface area contributed by atoms with E-state index in [-0.39, 0.29) is 40.0 Å². The number of aromatic hydroxyl groups is 1. The number of ketones is 2. The van der Waals surface area contributed by atoms with E-state index in [0.29, 0.717) is 46.1 Å². The summed E-state index contributed by atoms with van der Waals surface area (Å²) in [7, 11) is 4.68. The van der Waals surface area contributed by atoms with Crippen molar-refractivity contribution in [2.75, 3.05) is 26.2 Å². The van der Waals surface area contributed by atoms with Crippen LogP contribution in [0.4, 0.5) is 5.69 Å². The van der Waals surface area contributed by atoms with Crippen LogP contribution in [0, 0.1) is 17.8 Å². The summed E-state index contributed by atoms with van der Waals surface area (Å²) in [6.07, 6.45) is 7.41. The van der Waals surface area contributed by atoms with Crippen molar-refractivity contribution in [1.29, 1.82) is 0 Å². The second kappa shape index (κ2) is 12.7. The minimum absolute atomic E-state index is 0.0943. The van der Waals surface area contributed by atoms with Crippen LogP contribution in [-0.2, 0) is 19.2 Å². The molecule has 1 aliphatic heterocycles. The van der Waals surface area contributed by atoms with Gasteiger partial charge >= 0.3 is 0 Å². The predicted octanol–water partition coefficient (Wildman–Crippen LogP) is 6.56. The van der Waals surface area contributed by atoms with Crippen molar-refractivity contribution < 1.29 is 38.5 Å². The summed E-state index contributed by atoms with van der Waals surface area (Å²) in [4.78, 5) is 56.4. The maximum Gasteiger partial charge on any atom is 0.238 e. The molecular weight excluding hydrogens is 690 g/mol. The Labute approximate surface area is 291 Å². The fraction of sp³-hybridized carbons (Fsp3) is 0.231. The fourth-order valence-electron chi connectivity index (χ4n) is 7.60. The summed E-state index contributed by atoms with van der Waals surface area (Å²) in [5, 5.41) is 11.1. The van der Waals surface area contributed by atoms with E-state index in [4.69, 9.17) is 14.2 Å². The molecule has 248 valence electrons. The number of benzene rings is 3. The topological polar surface area (TPSA) is 119 Å². The molecule has 3 aliphatic carbocycles. The molecule has 4 aliphatic rings. The van der Waals surface area contributed by atoms with E-state index >= 15 is 0 Å². The third-order valence-corrected chi connectivity index (χ3v) is 10.5. The summed E-state index contributed by atoms with van der Waals surface area (Å²) in [6.45, 7) is 0. The SMILES string of the molecule is COc1ccc([C@H]2C3=CC[C@@H]4C(=O)N(c5ccc(C=Cc6cc(OC)ccc6OC)cc5)C(=O)[C@@H]4[C@@H]3CC3=C2C(=O)C=C(Br)C3=O)c(O)c1. The number of hydrogen-bond acceptors (Lipinski definition) is 8. The van der Waals surface area contributed by atoms with E-state index in [0.717, 1.165) is 16.7 Å². The number of nitrogens with zero attached hydrogens (tertiary/aromatic N) is 1. The Bertz CT molecular complexity index is 2060. The van der Waals surface area contributed by atoms with E-state index in [1.54, 1.807) is 38.5 Å². The molecule has 10 heteroatoms. The number of anilines is 1. The Kier molecular flexibility index (Phi) is 8.36. The molecule has 1 saturated heterocycles. The maximum absolute atomic E-state index is 14.3. The molecule has 2 amide bonds. The van der Waals surface area contributed by atoms with Crippen LogP contribution < -0.4 is 19.1 Å². The molecule has 0 bridgehead atoms. The normalized spacial score (nSPS) is 23.2. The van der Waals surface area contributed by atoms with Crippen molar-refractivity contribution in [3.05, 3.63) is 111 Å². The number of methoxy groups -OCH3 is 3. The molecule has 9 nitrogen and oxygen atoms in total. The van der Waals surface area contributed by atoms with Gasteiger partial charge in [-0.1, -0.05) is 42.0 Å². The number of amides is 2. The Morgan fingerprint density at radius 3 is 2.24 bits per heavy atom. The Morgan fingerprint density at radius 2 is 1.55 bits per heavy atom. The van der Waals surface area contributed by atoms with Crippen molar-refractivity contribution in [2.45, 2.75) is 18.8 Å². The van der Waals surface area contributed by atoms with Crippen molar-refractivity contribution in [3.63, 3.8) is 0 Å². The van der Waals surface area contributed by atoms with Crippen molar-refractivity contribution in [3.8, 4) is 23.0 Å². The van der Waals surface area contributed by atoms with Gasteiger partial charge in [0.05, 0.1) is 43.3 Å². The van der Waals surface area contributed by atoms with Crippen LogP contribution in [0.15, 0.2) is 94.0 Å². The summed E-state index contributed by atoms with van der Waals surface area (Å²) >= 11 is 3.25. The molecule has 3 aromatic carbocycles. The van der Waals surface area contributed by atoms with Gasteiger partial charge in [0.1, 0.15) is 23.0 Å². The molecule has 1 N–H and O–H groups in total. The largest absolute Gasteiger partial charge is 0.507 e. The van der Waals surface area contributed by atoms with Gasteiger partial charge in [-0.15, -0.1) is 0 Å². The predicted molar refractivity (Wildman–Crippen MR) is 187 cm³/mol. The van der Waals surface area contributed by atoms with Crippen molar-refractivity contribution in [1.82, 2.24) is 0 Å². The van der Waals surface area contributed by atoms with Crippen LogP contribution in [0.5, 0.6) is 23.0 Å². The van der Waals surface area contributed by atoms with Gasteiger partial charge in [-0.2, -0.15) is 0 Å². The van der Waals surface area contributed by atoms with E-state index in [2.05, 4.69) is 15.9 Å².